The van der Waals surface area contributed by atoms with Crippen LogP contribution in [0.15, 0.2) is 54.7 Å². The summed E-state index contributed by atoms with van der Waals surface area (Å²) in [5.41, 5.74) is 1.36. The number of halogens is 2. The molecule has 4 aromatic rings. The van der Waals surface area contributed by atoms with E-state index < -0.39 is 0 Å². The van der Waals surface area contributed by atoms with Crippen LogP contribution in [0, 0.1) is 3.57 Å². The van der Waals surface area contributed by atoms with Crippen LogP contribution in [0.3, 0.4) is 0 Å². The SMILES string of the molecule is OCc1cccc2cc(Oc3ccc(I)c4cccnc34)c(O)c(Cl)c12. The lowest BCUT2D eigenvalue weighted by molar-refractivity contribution is 0.283. The Bertz CT molecular complexity index is 1150. The van der Waals surface area contributed by atoms with Gasteiger partial charge in [-0.1, -0.05) is 35.9 Å². The monoisotopic (exact) mass is 477 g/mol. The van der Waals surface area contributed by atoms with Crippen molar-refractivity contribution >= 4 is 55.9 Å². The third-order valence-corrected chi connectivity index (χ3v) is 5.51. The molecule has 6 heteroatoms. The second-order valence-electron chi connectivity index (χ2n) is 5.76. The molecule has 4 nitrogen and oxygen atoms in total. The number of aliphatic hydroxyl groups is 1. The van der Waals surface area contributed by atoms with Crippen molar-refractivity contribution in [3.05, 3.63) is 68.9 Å². The first kappa shape index (κ1) is 17.3. The number of phenolic OH excluding ortho intramolecular Hbond substituents is 1. The van der Waals surface area contributed by atoms with Crippen molar-refractivity contribution in [3.63, 3.8) is 0 Å². The molecule has 0 atom stereocenters. The summed E-state index contributed by atoms with van der Waals surface area (Å²) in [7, 11) is 0. The smallest absolute Gasteiger partial charge is 0.178 e. The maximum atomic E-state index is 10.5. The molecule has 4 rings (SSSR count). The molecule has 3 aromatic carbocycles. The highest BCUT2D eigenvalue weighted by Crippen LogP contribution is 2.44. The van der Waals surface area contributed by atoms with Gasteiger partial charge in [0.25, 0.3) is 0 Å². The highest BCUT2D eigenvalue weighted by molar-refractivity contribution is 14.1. The van der Waals surface area contributed by atoms with Gasteiger partial charge in [0.1, 0.15) is 5.52 Å². The zero-order valence-electron chi connectivity index (χ0n) is 13.4. The van der Waals surface area contributed by atoms with Gasteiger partial charge in [-0.05, 0) is 57.8 Å². The molecular formula is C20H13ClINO3. The normalized spacial score (nSPS) is 11.2. The van der Waals surface area contributed by atoms with Crippen molar-refractivity contribution in [2.45, 2.75) is 6.61 Å². The molecule has 2 N–H and O–H groups in total. The summed E-state index contributed by atoms with van der Waals surface area (Å²) < 4.78 is 7.04. The van der Waals surface area contributed by atoms with E-state index in [2.05, 4.69) is 27.6 Å². The molecule has 26 heavy (non-hydrogen) atoms. The standard InChI is InChI=1S/C20H13ClINO3/c21-18-17-11(3-1-4-12(17)10-24)9-16(20(18)25)26-15-7-6-14(22)13-5-2-8-23-19(13)15/h1-9,24-25H,10H2. The number of phenols is 1. The van der Waals surface area contributed by atoms with Crippen LogP contribution in [-0.4, -0.2) is 15.2 Å². The van der Waals surface area contributed by atoms with Gasteiger partial charge < -0.3 is 14.9 Å². The number of hydrogen-bond donors (Lipinski definition) is 2. The van der Waals surface area contributed by atoms with Crippen LogP contribution in [0.4, 0.5) is 0 Å². The molecule has 1 aromatic heterocycles. The van der Waals surface area contributed by atoms with Gasteiger partial charge in [-0.15, -0.1) is 0 Å². The van der Waals surface area contributed by atoms with Gasteiger partial charge in [0.15, 0.2) is 17.2 Å². The molecule has 0 aliphatic carbocycles. The first-order valence-corrected chi connectivity index (χ1v) is 9.31. The summed E-state index contributed by atoms with van der Waals surface area (Å²) in [4.78, 5) is 4.40. The summed E-state index contributed by atoms with van der Waals surface area (Å²) in [6.45, 7) is -0.164. The minimum atomic E-state index is -0.164. The Kier molecular flexibility index (Phi) is 4.60. The van der Waals surface area contributed by atoms with Crippen molar-refractivity contribution in [2.24, 2.45) is 0 Å². The van der Waals surface area contributed by atoms with Gasteiger partial charge in [0, 0.05) is 20.5 Å². The number of nitrogens with zero attached hydrogens (tertiary/aromatic N) is 1. The molecule has 0 aliphatic rings. The number of benzene rings is 3. The van der Waals surface area contributed by atoms with E-state index >= 15 is 0 Å². The number of ether oxygens (including phenoxy) is 1. The number of aromatic nitrogens is 1. The van der Waals surface area contributed by atoms with Gasteiger partial charge in [0.05, 0.1) is 11.6 Å². The Morgan fingerprint density at radius 2 is 1.92 bits per heavy atom. The summed E-state index contributed by atoms with van der Waals surface area (Å²) in [5.74, 6) is 0.610. The van der Waals surface area contributed by atoms with E-state index in [9.17, 15) is 10.2 Å². The fraction of sp³-hybridized carbons (Fsp3) is 0.0500. The van der Waals surface area contributed by atoms with Crippen LogP contribution in [0.2, 0.25) is 5.02 Å². The van der Waals surface area contributed by atoms with Crippen LogP contribution >= 0.6 is 34.2 Å². The van der Waals surface area contributed by atoms with Crippen LogP contribution in [0.25, 0.3) is 21.7 Å². The molecule has 0 spiro atoms. The van der Waals surface area contributed by atoms with Crippen molar-refractivity contribution in [1.29, 1.82) is 0 Å². The highest BCUT2D eigenvalue weighted by Gasteiger charge is 2.17. The number of fused-ring (bicyclic) bond motifs is 2. The number of aromatic hydroxyl groups is 1. The molecule has 0 saturated heterocycles. The number of rotatable bonds is 3. The summed E-state index contributed by atoms with van der Waals surface area (Å²) in [6, 6.07) is 14.8. The van der Waals surface area contributed by atoms with E-state index in [1.54, 1.807) is 18.3 Å². The predicted molar refractivity (Wildman–Crippen MR) is 111 cm³/mol. The molecule has 0 unspecified atom stereocenters. The van der Waals surface area contributed by atoms with E-state index in [4.69, 9.17) is 16.3 Å². The average Bonchev–Trinajstić information content (AvgIpc) is 2.67. The first-order chi connectivity index (χ1) is 12.6. The van der Waals surface area contributed by atoms with Gasteiger partial charge in [-0.3, -0.25) is 4.98 Å². The van der Waals surface area contributed by atoms with E-state index in [-0.39, 0.29) is 23.1 Å². The van der Waals surface area contributed by atoms with Crippen molar-refractivity contribution in [2.75, 3.05) is 0 Å². The Balaban J connectivity index is 1.89. The topological polar surface area (TPSA) is 62.6 Å². The van der Waals surface area contributed by atoms with Crippen LogP contribution < -0.4 is 4.74 Å². The molecule has 0 aliphatic heterocycles. The van der Waals surface area contributed by atoms with E-state index in [0.29, 0.717) is 22.2 Å². The molecule has 0 bridgehead atoms. The van der Waals surface area contributed by atoms with Crippen molar-refractivity contribution in [3.8, 4) is 17.2 Å². The van der Waals surface area contributed by atoms with Crippen molar-refractivity contribution < 1.29 is 14.9 Å². The predicted octanol–water partition coefficient (Wildman–Crippen LogP) is 5.64. The molecule has 0 amide bonds. The summed E-state index contributed by atoms with van der Waals surface area (Å²) >= 11 is 8.61. The minimum absolute atomic E-state index is 0.157. The van der Waals surface area contributed by atoms with E-state index in [1.165, 1.54) is 0 Å². The molecule has 1 heterocycles. The largest absolute Gasteiger partial charge is 0.503 e. The Hall–Kier alpha value is -2.09. The lowest BCUT2D eigenvalue weighted by atomic mass is 10.0. The molecule has 0 radical (unpaired) electrons. The van der Waals surface area contributed by atoms with Crippen LogP contribution in [-0.2, 0) is 6.61 Å². The Morgan fingerprint density at radius 3 is 2.73 bits per heavy atom. The van der Waals surface area contributed by atoms with E-state index in [1.807, 2.05) is 36.4 Å². The van der Waals surface area contributed by atoms with E-state index in [0.717, 1.165) is 14.3 Å². The van der Waals surface area contributed by atoms with Gasteiger partial charge in [0.2, 0.25) is 0 Å². The second-order valence-corrected chi connectivity index (χ2v) is 7.30. The Morgan fingerprint density at radius 1 is 1.08 bits per heavy atom. The molecular weight excluding hydrogens is 465 g/mol. The molecule has 130 valence electrons. The Labute approximate surface area is 168 Å². The maximum Gasteiger partial charge on any atom is 0.178 e. The summed E-state index contributed by atoms with van der Waals surface area (Å²) in [5, 5.41) is 22.6. The van der Waals surface area contributed by atoms with Gasteiger partial charge in [-0.25, -0.2) is 0 Å². The van der Waals surface area contributed by atoms with Crippen LogP contribution in [0.5, 0.6) is 17.2 Å². The first-order valence-electron chi connectivity index (χ1n) is 7.85. The van der Waals surface area contributed by atoms with Gasteiger partial charge >= 0.3 is 0 Å². The number of pyridine rings is 1. The number of hydrogen-bond acceptors (Lipinski definition) is 4. The van der Waals surface area contributed by atoms with Crippen LogP contribution in [0.1, 0.15) is 5.56 Å². The average molecular weight is 478 g/mol. The quantitative estimate of drug-likeness (QED) is 0.375. The van der Waals surface area contributed by atoms with Crippen molar-refractivity contribution in [1.82, 2.24) is 4.98 Å². The zero-order valence-corrected chi connectivity index (χ0v) is 16.3. The fourth-order valence-corrected chi connectivity index (χ4v) is 3.91. The zero-order chi connectivity index (χ0) is 18.3. The summed E-state index contributed by atoms with van der Waals surface area (Å²) in [6.07, 6.45) is 1.70. The second kappa shape index (κ2) is 6.90. The lowest BCUT2D eigenvalue weighted by Gasteiger charge is -2.14. The van der Waals surface area contributed by atoms with Gasteiger partial charge in [-0.2, -0.15) is 0 Å². The third kappa shape index (κ3) is 2.86. The maximum absolute atomic E-state index is 10.5. The highest BCUT2D eigenvalue weighted by atomic mass is 127. The minimum Gasteiger partial charge on any atom is -0.503 e. The fourth-order valence-electron chi connectivity index (χ4n) is 2.97. The number of aliphatic hydroxyl groups excluding tert-OH is 1. The molecule has 0 saturated carbocycles. The lowest BCUT2D eigenvalue weighted by Crippen LogP contribution is -1.92. The molecule has 0 fully saturated rings. The third-order valence-electron chi connectivity index (χ3n) is 4.20.